The summed E-state index contributed by atoms with van der Waals surface area (Å²) >= 11 is 7.28. The second kappa shape index (κ2) is 7.15. The molecule has 22 heavy (non-hydrogen) atoms. The van der Waals surface area contributed by atoms with E-state index in [2.05, 4.69) is 20.8 Å². The molecular formula is C14H15ClN4O2S. The molecule has 1 saturated heterocycles. The number of carbonyl (C=O) groups is 1. The third kappa shape index (κ3) is 4.01. The standard InChI is InChI=1S/C14H15ClN4O2S/c15-10-3-1-2-9(6-10)13-18-19-14(22-13)17-12(20)7-11-8-21-5-4-16-11/h1-3,6,11,16H,4-5,7-8H2,(H,17,19,20). The van der Waals surface area contributed by atoms with Gasteiger partial charge in [0.1, 0.15) is 5.01 Å². The summed E-state index contributed by atoms with van der Waals surface area (Å²) in [7, 11) is 0. The summed E-state index contributed by atoms with van der Waals surface area (Å²) in [5.74, 6) is -0.100. The Morgan fingerprint density at radius 3 is 3.18 bits per heavy atom. The van der Waals surface area contributed by atoms with E-state index >= 15 is 0 Å². The monoisotopic (exact) mass is 338 g/mol. The number of nitrogens with one attached hydrogen (secondary N) is 2. The van der Waals surface area contributed by atoms with E-state index in [0.29, 0.717) is 29.8 Å². The molecule has 0 spiro atoms. The minimum atomic E-state index is -0.100. The van der Waals surface area contributed by atoms with Gasteiger partial charge in [0.2, 0.25) is 11.0 Å². The highest BCUT2D eigenvalue weighted by Crippen LogP contribution is 2.28. The fraction of sp³-hybridized carbons (Fsp3) is 0.357. The number of ether oxygens (including phenoxy) is 1. The van der Waals surface area contributed by atoms with Crippen LogP contribution >= 0.6 is 22.9 Å². The number of rotatable bonds is 4. The Morgan fingerprint density at radius 1 is 1.50 bits per heavy atom. The molecule has 2 heterocycles. The van der Waals surface area contributed by atoms with Gasteiger partial charge in [-0.15, -0.1) is 10.2 Å². The molecule has 0 aliphatic carbocycles. The number of benzene rings is 1. The maximum Gasteiger partial charge on any atom is 0.227 e. The first-order valence-corrected chi connectivity index (χ1v) is 8.10. The van der Waals surface area contributed by atoms with E-state index in [0.717, 1.165) is 17.1 Å². The van der Waals surface area contributed by atoms with E-state index in [9.17, 15) is 4.79 Å². The molecule has 1 aromatic carbocycles. The van der Waals surface area contributed by atoms with Crippen LogP contribution in [0.4, 0.5) is 5.13 Å². The number of hydrogen-bond acceptors (Lipinski definition) is 6. The van der Waals surface area contributed by atoms with E-state index in [1.165, 1.54) is 11.3 Å². The minimum absolute atomic E-state index is 0.0501. The Hall–Kier alpha value is -1.54. The van der Waals surface area contributed by atoms with Gasteiger partial charge in [-0.1, -0.05) is 35.1 Å². The number of amides is 1. The molecule has 2 aromatic rings. The van der Waals surface area contributed by atoms with Crippen molar-refractivity contribution in [2.24, 2.45) is 0 Å². The third-order valence-electron chi connectivity index (χ3n) is 3.17. The molecule has 1 amide bonds. The topological polar surface area (TPSA) is 76.1 Å². The van der Waals surface area contributed by atoms with Gasteiger partial charge in [-0.2, -0.15) is 0 Å². The number of anilines is 1. The molecule has 1 unspecified atom stereocenters. The first-order valence-electron chi connectivity index (χ1n) is 6.91. The number of halogens is 1. The molecule has 1 aliphatic heterocycles. The van der Waals surface area contributed by atoms with E-state index in [4.69, 9.17) is 16.3 Å². The predicted octanol–water partition coefficient (Wildman–Crippen LogP) is 2.18. The summed E-state index contributed by atoms with van der Waals surface area (Å²) in [5.41, 5.74) is 0.882. The first kappa shape index (κ1) is 15.4. The second-order valence-corrected chi connectivity index (χ2v) is 6.31. The highest BCUT2D eigenvalue weighted by molar-refractivity contribution is 7.18. The van der Waals surface area contributed by atoms with Gasteiger partial charge in [-0.3, -0.25) is 4.79 Å². The Morgan fingerprint density at radius 2 is 2.41 bits per heavy atom. The first-order chi connectivity index (χ1) is 10.7. The van der Waals surface area contributed by atoms with Crippen molar-refractivity contribution >= 4 is 34.0 Å². The van der Waals surface area contributed by atoms with E-state index in [-0.39, 0.29) is 11.9 Å². The smallest absolute Gasteiger partial charge is 0.227 e. The fourth-order valence-electron chi connectivity index (χ4n) is 2.16. The zero-order chi connectivity index (χ0) is 15.4. The highest BCUT2D eigenvalue weighted by Gasteiger charge is 2.18. The number of nitrogens with zero attached hydrogens (tertiary/aromatic N) is 2. The third-order valence-corrected chi connectivity index (χ3v) is 4.30. The van der Waals surface area contributed by atoms with E-state index in [1.54, 1.807) is 6.07 Å². The summed E-state index contributed by atoms with van der Waals surface area (Å²) in [6.07, 6.45) is 0.353. The lowest BCUT2D eigenvalue weighted by Crippen LogP contribution is -2.43. The molecule has 1 aliphatic rings. The molecule has 0 saturated carbocycles. The summed E-state index contributed by atoms with van der Waals surface area (Å²) in [4.78, 5) is 12.0. The van der Waals surface area contributed by atoms with Crippen molar-refractivity contribution in [2.45, 2.75) is 12.5 Å². The van der Waals surface area contributed by atoms with Crippen LogP contribution in [0.2, 0.25) is 5.02 Å². The lowest BCUT2D eigenvalue weighted by molar-refractivity contribution is -0.117. The normalized spacial score (nSPS) is 18.1. The minimum Gasteiger partial charge on any atom is -0.378 e. The fourth-order valence-corrected chi connectivity index (χ4v) is 3.10. The molecule has 1 fully saturated rings. The van der Waals surface area contributed by atoms with Crippen molar-refractivity contribution in [3.8, 4) is 10.6 Å². The molecule has 116 valence electrons. The van der Waals surface area contributed by atoms with Crippen LogP contribution in [-0.2, 0) is 9.53 Å². The van der Waals surface area contributed by atoms with Gasteiger partial charge in [0.05, 0.1) is 13.2 Å². The van der Waals surface area contributed by atoms with Crippen LogP contribution < -0.4 is 10.6 Å². The average molecular weight is 339 g/mol. The molecule has 1 aromatic heterocycles. The molecule has 1 atom stereocenters. The van der Waals surface area contributed by atoms with Gasteiger partial charge >= 0.3 is 0 Å². The van der Waals surface area contributed by atoms with Crippen molar-refractivity contribution in [1.29, 1.82) is 0 Å². The van der Waals surface area contributed by atoms with Crippen molar-refractivity contribution < 1.29 is 9.53 Å². The van der Waals surface area contributed by atoms with Crippen LogP contribution in [0.5, 0.6) is 0 Å². The largest absolute Gasteiger partial charge is 0.378 e. The summed E-state index contributed by atoms with van der Waals surface area (Å²) < 4.78 is 5.33. The van der Waals surface area contributed by atoms with Gasteiger partial charge in [0.25, 0.3) is 0 Å². The van der Waals surface area contributed by atoms with Crippen LogP contribution in [0.3, 0.4) is 0 Å². The molecule has 0 radical (unpaired) electrons. The van der Waals surface area contributed by atoms with Gasteiger partial charge in [-0.05, 0) is 12.1 Å². The number of hydrogen-bond donors (Lipinski definition) is 2. The highest BCUT2D eigenvalue weighted by atomic mass is 35.5. The van der Waals surface area contributed by atoms with Crippen LogP contribution in [0.1, 0.15) is 6.42 Å². The molecule has 3 rings (SSSR count). The van der Waals surface area contributed by atoms with Gasteiger partial charge < -0.3 is 15.4 Å². The summed E-state index contributed by atoms with van der Waals surface area (Å²) in [6.45, 7) is 2.02. The van der Waals surface area contributed by atoms with Crippen LogP contribution in [-0.4, -0.2) is 41.9 Å². The number of aromatic nitrogens is 2. The van der Waals surface area contributed by atoms with E-state index in [1.807, 2.05) is 18.2 Å². The quantitative estimate of drug-likeness (QED) is 0.893. The van der Waals surface area contributed by atoms with Crippen molar-refractivity contribution in [3.63, 3.8) is 0 Å². The van der Waals surface area contributed by atoms with Gasteiger partial charge in [0, 0.05) is 29.6 Å². The van der Waals surface area contributed by atoms with E-state index < -0.39 is 0 Å². The zero-order valence-electron chi connectivity index (χ0n) is 11.7. The Bertz CT molecular complexity index is 658. The lowest BCUT2D eigenvalue weighted by atomic mass is 10.2. The Labute approximate surface area is 136 Å². The summed E-state index contributed by atoms with van der Waals surface area (Å²) in [6, 6.07) is 7.42. The Balaban J connectivity index is 1.60. The summed E-state index contributed by atoms with van der Waals surface area (Å²) in [5, 5.41) is 15.9. The SMILES string of the molecule is O=C(CC1COCCN1)Nc1nnc(-c2cccc(Cl)c2)s1. The van der Waals surface area contributed by atoms with Crippen molar-refractivity contribution in [3.05, 3.63) is 29.3 Å². The molecule has 8 heteroatoms. The van der Waals surface area contributed by atoms with Crippen LogP contribution in [0, 0.1) is 0 Å². The average Bonchev–Trinajstić information content (AvgIpc) is 2.96. The number of morpholine rings is 1. The Kier molecular flexibility index (Phi) is 4.99. The maximum absolute atomic E-state index is 12.0. The molecular weight excluding hydrogens is 324 g/mol. The lowest BCUT2D eigenvalue weighted by Gasteiger charge is -2.22. The van der Waals surface area contributed by atoms with Crippen molar-refractivity contribution in [1.82, 2.24) is 15.5 Å². The second-order valence-electron chi connectivity index (χ2n) is 4.90. The van der Waals surface area contributed by atoms with Gasteiger partial charge in [0.15, 0.2) is 0 Å². The number of carbonyl (C=O) groups excluding carboxylic acids is 1. The predicted molar refractivity (Wildman–Crippen MR) is 86.2 cm³/mol. The molecule has 0 bridgehead atoms. The van der Waals surface area contributed by atoms with Crippen LogP contribution in [0.25, 0.3) is 10.6 Å². The molecule has 2 N–H and O–H groups in total. The van der Waals surface area contributed by atoms with Crippen molar-refractivity contribution in [2.75, 3.05) is 25.1 Å². The van der Waals surface area contributed by atoms with Crippen LogP contribution in [0.15, 0.2) is 24.3 Å². The maximum atomic E-state index is 12.0. The molecule has 6 nitrogen and oxygen atoms in total. The van der Waals surface area contributed by atoms with Gasteiger partial charge in [-0.25, -0.2) is 0 Å². The zero-order valence-corrected chi connectivity index (χ0v) is 13.3.